The SMILES string of the molecule is CCOc1ccc(NC(=O)C(C)Sc2n[nH]c(-c3cccs3)n2)cc1. The minimum Gasteiger partial charge on any atom is -0.494 e. The van der Waals surface area contributed by atoms with Crippen molar-refractivity contribution < 1.29 is 9.53 Å². The van der Waals surface area contributed by atoms with E-state index in [1.807, 2.05) is 55.6 Å². The number of ether oxygens (including phenoxy) is 1. The number of thiophene rings is 1. The maximum absolute atomic E-state index is 12.3. The van der Waals surface area contributed by atoms with Crippen LogP contribution >= 0.6 is 23.1 Å². The van der Waals surface area contributed by atoms with Gasteiger partial charge in [-0.3, -0.25) is 9.89 Å². The van der Waals surface area contributed by atoms with E-state index >= 15 is 0 Å². The van der Waals surface area contributed by atoms with E-state index in [-0.39, 0.29) is 11.2 Å². The summed E-state index contributed by atoms with van der Waals surface area (Å²) in [5.74, 6) is 1.40. The van der Waals surface area contributed by atoms with Crippen LogP contribution in [0.4, 0.5) is 5.69 Å². The number of nitrogens with one attached hydrogen (secondary N) is 2. The molecule has 0 radical (unpaired) electrons. The number of benzene rings is 1. The largest absolute Gasteiger partial charge is 0.494 e. The van der Waals surface area contributed by atoms with Gasteiger partial charge in [-0.1, -0.05) is 17.8 Å². The molecular formula is C17H18N4O2S2. The molecule has 1 atom stereocenters. The smallest absolute Gasteiger partial charge is 0.237 e. The van der Waals surface area contributed by atoms with Gasteiger partial charge in [-0.15, -0.1) is 16.4 Å². The highest BCUT2D eigenvalue weighted by atomic mass is 32.2. The summed E-state index contributed by atoms with van der Waals surface area (Å²) in [4.78, 5) is 17.8. The fraction of sp³-hybridized carbons (Fsp3) is 0.235. The van der Waals surface area contributed by atoms with Crippen molar-refractivity contribution in [2.24, 2.45) is 0 Å². The Morgan fingerprint density at radius 3 is 2.84 bits per heavy atom. The van der Waals surface area contributed by atoms with Gasteiger partial charge in [0.25, 0.3) is 0 Å². The first-order valence-corrected chi connectivity index (χ1v) is 9.58. The lowest BCUT2D eigenvalue weighted by Gasteiger charge is -2.10. The Balaban J connectivity index is 1.57. The normalized spacial score (nSPS) is 11.9. The molecule has 130 valence electrons. The molecule has 1 unspecified atom stereocenters. The first kappa shape index (κ1) is 17.5. The van der Waals surface area contributed by atoms with Crippen molar-refractivity contribution in [2.45, 2.75) is 24.3 Å². The Hall–Kier alpha value is -2.32. The lowest BCUT2D eigenvalue weighted by molar-refractivity contribution is -0.115. The number of carbonyl (C=O) groups excluding carboxylic acids is 1. The molecule has 0 aliphatic rings. The summed E-state index contributed by atoms with van der Waals surface area (Å²) < 4.78 is 5.39. The number of amides is 1. The number of hydrogen-bond acceptors (Lipinski definition) is 6. The molecule has 0 aliphatic heterocycles. The van der Waals surface area contributed by atoms with Crippen LogP contribution in [0.15, 0.2) is 46.9 Å². The second kappa shape index (κ2) is 8.17. The maximum Gasteiger partial charge on any atom is 0.237 e. The molecule has 2 heterocycles. The fourth-order valence-electron chi connectivity index (χ4n) is 2.08. The molecule has 0 spiro atoms. The zero-order chi connectivity index (χ0) is 17.6. The molecule has 2 N–H and O–H groups in total. The van der Waals surface area contributed by atoms with E-state index in [4.69, 9.17) is 4.74 Å². The van der Waals surface area contributed by atoms with Crippen LogP contribution in [-0.2, 0) is 4.79 Å². The molecule has 0 fully saturated rings. The third kappa shape index (κ3) is 4.61. The Labute approximate surface area is 154 Å². The average molecular weight is 374 g/mol. The van der Waals surface area contributed by atoms with Crippen LogP contribution in [0.3, 0.4) is 0 Å². The molecule has 1 aromatic carbocycles. The summed E-state index contributed by atoms with van der Waals surface area (Å²) in [5, 5.41) is 12.2. The molecule has 3 rings (SSSR count). The molecule has 8 heteroatoms. The highest BCUT2D eigenvalue weighted by Gasteiger charge is 2.18. The van der Waals surface area contributed by atoms with Crippen LogP contribution in [0.5, 0.6) is 5.75 Å². The van der Waals surface area contributed by atoms with E-state index in [1.165, 1.54) is 11.8 Å². The second-order valence-electron chi connectivity index (χ2n) is 5.15. The molecule has 25 heavy (non-hydrogen) atoms. The zero-order valence-electron chi connectivity index (χ0n) is 13.9. The van der Waals surface area contributed by atoms with Gasteiger partial charge in [0, 0.05) is 5.69 Å². The monoisotopic (exact) mass is 374 g/mol. The van der Waals surface area contributed by atoms with Crippen LogP contribution in [0.25, 0.3) is 10.7 Å². The summed E-state index contributed by atoms with van der Waals surface area (Å²) in [6, 6.07) is 11.2. The van der Waals surface area contributed by atoms with E-state index in [0.717, 1.165) is 22.1 Å². The third-order valence-corrected chi connectivity index (χ3v) is 5.14. The van der Waals surface area contributed by atoms with Gasteiger partial charge in [-0.25, -0.2) is 4.98 Å². The van der Waals surface area contributed by atoms with Gasteiger partial charge >= 0.3 is 0 Å². The number of aromatic nitrogens is 3. The standard InChI is InChI=1S/C17H18N4O2S2/c1-3-23-13-8-6-12(7-9-13)18-16(22)11(2)25-17-19-15(20-21-17)14-5-4-10-24-14/h4-11H,3H2,1-2H3,(H,18,22)(H,19,20,21). The Bertz CT molecular complexity index is 816. The molecular weight excluding hydrogens is 356 g/mol. The van der Waals surface area contributed by atoms with E-state index in [2.05, 4.69) is 20.5 Å². The van der Waals surface area contributed by atoms with Crippen LogP contribution in [0, 0.1) is 0 Å². The summed E-state index contributed by atoms with van der Waals surface area (Å²) >= 11 is 2.90. The number of hydrogen-bond donors (Lipinski definition) is 2. The molecule has 3 aromatic rings. The van der Waals surface area contributed by atoms with Crippen molar-refractivity contribution in [1.82, 2.24) is 15.2 Å². The Kier molecular flexibility index (Phi) is 5.72. The molecule has 1 amide bonds. The lowest BCUT2D eigenvalue weighted by Crippen LogP contribution is -2.22. The number of carbonyl (C=O) groups is 1. The van der Waals surface area contributed by atoms with Crippen LogP contribution < -0.4 is 10.1 Å². The minimum absolute atomic E-state index is 0.100. The first-order chi connectivity index (χ1) is 12.2. The lowest BCUT2D eigenvalue weighted by atomic mass is 10.3. The first-order valence-electron chi connectivity index (χ1n) is 7.82. The minimum atomic E-state index is -0.321. The second-order valence-corrected chi connectivity index (χ2v) is 7.41. The number of rotatable bonds is 7. The van der Waals surface area contributed by atoms with Crippen molar-refractivity contribution in [3.63, 3.8) is 0 Å². The third-order valence-electron chi connectivity index (χ3n) is 3.30. The molecule has 2 aromatic heterocycles. The topological polar surface area (TPSA) is 79.9 Å². The number of aromatic amines is 1. The fourth-order valence-corrected chi connectivity index (χ4v) is 3.47. The van der Waals surface area contributed by atoms with Crippen molar-refractivity contribution in [1.29, 1.82) is 0 Å². The van der Waals surface area contributed by atoms with E-state index in [1.54, 1.807) is 11.3 Å². The summed E-state index contributed by atoms with van der Waals surface area (Å²) in [7, 11) is 0. The van der Waals surface area contributed by atoms with E-state index < -0.39 is 0 Å². The molecule has 6 nitrogen and oxygen atoms in total. The van der Waals surface area contributed by atoms with Crippen molar-refractivity contribution in [3.05, 3.63) is 41.8 Å². The van der Waals surface area contributed by atoms with Gasteiger partial charge in [0.15, 0.2) is 5.82 Å². The van der Waals surface area contributed by atoms with E-state index in [0.29, 0.717) is 11.8 Å². The summed E-state index contributed by atoms with van der Waals surface area (Å²) in [5.41, 5.74) is 0.732. The van der Waals surface area contributed by atoms with Crippen molar-refractivity contribution >= 4 is 34.7 Å². The zero-order valence-corrected chi connectivity index (χ0v) is 15.5. The number of H-pyrrole nitrogens is 1. The van der Waals surface area contributed by atoms with Gasteiger partial charge in [0.2, 0.25) is 11.1 Å². The Morgan fingerprint density at radius 1 is 1.36 bits per heavy atom. The highest BCUT2D eigenvalue weighted by Crippen LogP contribution is 2.26. The van der Waals surface area contributed by atoms with Gasteiger partial charge in [0.1, 0.15) is 5.75 Å². The summed E-state index contributed by atoms with van der Waals surface area (Å²) in [6.07, 6.45) is 0. The number of nitrogens with zero attached hydrogens (tertiary/aromatic N) is 2. The maximum atomic E-state index is 12.3. The number of anilines is 1. The van der Waals surface area contributed by atoms with Gasteiger partial charge in [-0.05, 0) is 49.6 Å². The Morgan fingerprint density at radius 2 is 2.16 bits per heavy atom. The van der Waals surface area contributed by atoms with Crippen molar-refractivity contribution in [2.75, 3.05) is 11.9 Å². The average Bonchev–Trinajstić information content (AvgIpc) is 3.28. The van der Waals surface area contributed by atoms with Crippen LogP contribution in [0.2, 0.25) is 0 Å². The van der Waals surface area contributed by atoms with Gasteiger partial charge in [0.05, 0.1) is 16.7 Å². The van der Waals surface area contributed by atoms with Crippen LogP contribution in [-0.4, -0.2) is 32.9 Å². The van der Waals surface area contributed by atoms with Gasteiger partial charge < -0.3 is 10.1 Å². The molecule has 0 saturated heterocycles. The predicted molar refractivity (Wildman–Crippen MR) is 101 cm³/mol. The quantitative estimate of drug-likeness (QED) is 0.610. The van der Waals surface area contributed by atoms with Crippen LogP contribution in [0.1, 0.15) is 13.8 Å². The van der Waals surface area contributed by atoms with Gasteiger partial charge in [-0.2, -0.15) is 0 Å². The number of thioether (sulfide) groups is 1. The van der Waals surface area contributed by atoms with Crippen molar-refractivity contribution in [3.8, 4) is 16.5 Å². The highest BCUT2D eigenvalue weighted by molar-refractivity contribution is 8.00. The predicted octanol–water partition coefficient (Wildman–Crippen LogP) is 4.05. The molecule has 0 aliphatic carbocycles. The molecule has 0 bridgehead atoms. The summed E-state index contributed by atoms with van der Waals surface area (Å²) in [6.45, 7) is 4.38. The molecule has 0 saturated carbocycles. The van der Waals surface area contributed by atoms with E-state index in [9.17, 15) is 4.79 Å².